The Bertz CT molecular complexity index is 512. The van der Waals surface area contributed by atoms with Crippen LogP contribution in [0.3, 0.4) is 0 Å². The molecule has 1 N–H and O–H groups in total. The summed E-state index contributed by atoms with van der Waals surface area (Å²) in [6.07, 6.45) is 8.75. The summed E-state index contributed by atoms with van der Waals surface area (Å²) >= 11 is 1.60. The van der Waals surface area contributed by atoms with Gasteiger partial charge in [0.1, 0.15) is 12.4 Å². The first kappa shape index (κ1) is 20.0. The Hall–Kier alpha value is -1.27. The maximum atomic E-state index is 12.6. The summed E-state index contributed by atoms with van der Waals surface area (Å²) in [5, 5.41) is 2.65. The average molecular weight is 368 g/mol. The zero-order chi connectivity index (χ0) is 17.9. The van der Waals surface area contributed by atoms with Crippen LogP contribution < -0.4 is 5.32 Å². The summed E-state index contributed by atoms with van der Waals surface area (Å²) in [5.41, 5.74) is 0. The van der Waals surface area contributed by atoms with Crippen molar-refractivity contribution in [3.8, 4) is 0 Å². The van der Waals surface area contributed by atoms with Gasteiger partial charge in [0.05, 0.1) is 23.8 Å². The van der Waals surface area contributed by atoms with Gasteiger partial charge < -0.3 is 14.5 Å². The van der Waals surface area contributed by atoms with Crippen LogP contribution in [-0.2, 0) is 20.1 Å². The molecule has 0 unspecified atom stereocenters. The van der Waals surface area contributed by atoms with Crippen LogP contribution in [0.4, 0.5) is 0 Å². The van der Waals surface area contributed by atoms with Gasteiger partial charge in [0, 0.05) is 6.61 Å². The number of rotatable bonds is 11. The highest BCUT2D eigenvalue weighted by molar-refractivity contribution is 7.99. The molecular weight excluding hydrogens is 338 g/mol. The van der Waals surface area contributed by atoms with E-state index in [1.807, 2.05) is 19.1 Å². The number of furan rings is 1. The van der Waals surface area contributed by atoms with Crippen LogP contribution in [0.15, 0.2) is 22.8 Å². The van der Waals surface area contributed by atoms with Crippen LogP contribution in [0, 0.1) is 5.92 Å². The molecule has 25 heavy (non-hydrogen) atoms. The summed E-state index contributed by atoms with van der Waals surface area (Å²) in [6.45, 7) is 2.45. The molecule has 0 aromatic carbocycles. The van der Waals surface area contributed by atoms with E-state index in [2.05, 4.69) is 5.32 Å². The van der Waals surface area contributed by atoms with E-state index in [4.69, 9.17) is 9.15 Å². The number of carbonyl (C=O) groups excluding carboxylic acids is 2. The van der Waals surface area contributed by atoms with Crippen molar-refractivity contribution in [1.29, 1.82) is 0 Å². The number of nitrogens with one attached hydrogen (secondary N) is 1. The third kappa shape index (κ3) is 7.65. The molecule has 140 valence electrons. The van der Waals surface area contributed by atoms with E-state index in [1.165, 1.54) is 32.1 Å². The average Bonchev–Trinajstić information content (AvgIpc) is 3.15. The van der Waals surface area contributed by atoms with E-state index < -0.39 is 0 Å². The van der Waals surface area contributed by atoms with E-state index in [1.54, 1.807) is 18.0 Å². The monoisotopic (exact) mass is 367 g/mol. The topological polar surface area (TPSA) is 68.5 Å². The second-order valence-electron chi connectivity index (χ2n) is 6.51. The molecule has 1 saturated carbocycles. The van der Waals surface area contributed by atoms with Crippen LogP contribution in [0.1, 0.15) is 51.2 Å². The summed E-state index contributed by atoms with van der Waals surface area (Å²) in [6, 6.07) is 3.78. The van der Waals surface area contributed by atoms with Crippen LogP contribution >= 0.6 is 11.8 Å². The lowest BCUT2D eigenvalue weighted by Crippen LogP contribution is -2.38. The lowest BCUT2D eigenvalue weighted by atomic mass is 9.86. The molecule has 0 aliphatic heterocycles. The van der Waals surface area contributed by atoms with Crippen molar-refractivity contribution < 1.29 is 18.7 Å². The first-order chi connectivity index (χ1) is 12.2. The van der Waals surface area contributed by atoms with Crippen LogP contribution in [0.25, 0.3) is 0 Å². The molecule has 0 bridgehead atoms. The van der Waals surface area contributed by atoms with Crippen molar-refractivity contribution in [1.82, 2.24) is 5.32 Å². The first-order valence-corrected chi connectivity index (χ1v) is 10.2. The predicted octanol–water partition coefficient (Wildman–Crippen LogP) is 3.57. The number of hydrogen-bond donors (Lipinski definition) is 1. The SMILES string of the molecule is CCOCC(=O)CNC(=O)[C@@H](CC1CCCCC1)SCc1ccco1. The summed E-state index contributed by atoms with van der Waals surface area (Å²) in [4.78, 5) is 24.3. The van der Waals surface area contributed by atoms with Gasteiger partial charge >= 0.3 is 0 Å². The van der Waals surface area contributed by atoms with Gasteiger partial charge in [-0.3, -0.25) is 9.59 Å². The molecule has 1 aliphatic rings. The smallest absolute Gasteiger partial charge is 0.233 e. The maximum Gasteiger partial charge on any atom is 0.233 e. The normalized spacial score (nSPS) is 16.5. The standard InChI is InChI=1S/C19H29NO4S/c1-2-23-13-16(21)12-20-19(22)18(11-15-7-4-3-5-8-15)25-14-17-9-6-10-24-17/h6,9-10,15,18H,2-5,7-8,11-14H2,1H3,(H,20,22)/t18-/m1/s1. The molecule has 0 saturated heterocycles. The summed E-state index contributed by atoms with van der Waals surface area (Å²) < 4.78 is 10.5. The van der Waals surface area contributed by atoms with Crippen molar-refractivity contribution in [2.24, 2.45) is 5.92 Å². The summed E-state index contributed by atoms with van der Waals surface area (Å²) in [5.74, 6) is 2.01. The Morgan fingerprint density at radius 1 is 1.36 bits per heavy atom. The molecule has 0 radical (unpaired) electrons. The fourth-order valence-corrected chi connectivity index (χ4v) is 4.29. The number of Topliss-reactive ketones (excluding diaryl/α,β-unsaturated/α-hetero) is 1. The second-order valence-corrected chi connectivity index (χ2v) is 7.70. The minimum Gasteiger partial charge on any atom is -0.468 e. The highest BCUT2D eigenvalue weighted by Gasteiger charge is 2.25. The molecule has 6 heteroatoms. The fraction of sp³-hybridized carbons (Fsp3) is 0.684. The van der Waals surface area contributed by atoms with Gasteiger partial charge in [-0.05, 0) is 31.4 Å². The molecule has 1 aromatic rings. The Morgan fingerprint density at radius 2 is 2.16 bits per heavy atom. The Balaban J connectivity index is 1.84. The zero-order valence-corrected chi connectivity index (χ0v) is 15.8. The predicted molar refractivity (Wildman–Crippen MR) is 99.5 cm³/mol. The largest absolute Gasteiger partial charge is 0.468 e. The van der Waals surface area contributed by atoms with Crippen molar-refractivity contribution in [3.63, 3.8) is 0 Å². The van der Waals surface area contributed by atoms with E-state index in [0.717, 1.165) is 12.2 Å². The van der Waals surface area contributed by atoms with Gasteiger partial charge in [0.2, 0.25) is 5.91 Å². The number of ketones is 1. The molecule has 1 heterocycles. The molecule has 0 spiro atoms. The van der Waals surface area contributed by atoms with E-state index in [-0.39, 0.29) is 30.1 Å². The number of carbonyl (C=O) groups is 2. The van der Waals surface area contributed by atoms with Crippen LogP contribution in [0.2, 0.25) is 0 Å². The Kier molecular flexibility index (Phi) is 9.11. The number of thioether (sulfide) groups is 1. The molecule has 1 aliphatic carbocycles. The molecule has 1 fully saturated rings. The van der Waals surface area contributed by atoms with Crippen molar-refractivity contribution in [2.75, 3.05) is 19.8 Å². The third-order valence-electron chi connectivity index (χ3n) is 4.50. The van der Waals surface area contributed by atoms with Crippen molar-refractivity contribution >= 4 is 23.5 Å². The van der Waals surface area contributed by atoms with E-state index >= 15 is 0 Å². The number of ether oxygens (including phenoxy) is 1. The molecule has 2 rings (SSSR count). The van der Waals surface area contributed by atoms with Crippen LogP contribution in [-0.4, -0.2) is 36.7 Å². The Labute approximate surface area is 154 Å². The maximum absolute atomic E-state index is 12.6. The van der Waals surface area contributed by atoms with E-state index in [0.29, 0.717) is 18.3 Å². The highest BCUT2D eigenvalue weighted by Crippen LogP contribution is 2.32. The number of hydrogen-bond acceptors (Lipinski definition) is 5. The third-order valence-corrected chi connectivity index (χ3v) is 5.76. The van der Waals surface area contributed by atoms with Gasteiger partial charge in [-0.1, -0.05) is 32.1 Å². The lowest BCUT2D eigenvalue weighted by Gasteiger charge is -2.25. The minimum atomic E-state index is -0.145. The minimum absolute atomic E-state index is 0.0430. The number of amides is 1. The molecule has 1 aromatic heterocycles. The van der Waals surface area contributed by atoms with E-state index in [9.17, 15) is 9.59 Å². The molecule has 1 atom stereocenters. The molecule has 1 amide bonds. The molecule has 5 nitrogen and oxygen atoms in total. The Morgan fingerprint density at radius 3 is 2.84 bits per heavy atom. The van der Waals surface area contributed by atoms with Crippen molar-refractivity contribution in [3.05, 3.63) is 24.2 Å². The zero-order valence-electron chi connectivity index (χ0n) is 15.0. The first-order valence-electron chi connectivity index (χ1n) is 9.20. The van der Waals surface area contributed by atoms with Gasteiger partial charge in [-0.2, -0.15) is 0 Å². The molecular formula is C19H29NO4S. The van der Waals surface area contributed by atoms with Crippen molar-refractivity contribution in [2.45, 2.75) is 56.5 Å². The van der Waals surface area contributed by atoms with Crippen LogP contribution in [0.5, 0.6) is 0 Å². The van der Waals surface area contributed by atoms with Gasteiger partial charge in [-0.15, -0.1) is 11.8 Å². The van der Waals surface area contributed by atoms with Gasteiger partial charge in [0.25, 0.3) is 0 Å². The van der Waals surface area contributed by atoms with Gasteiger partial charge in [-0.25, -0.2) is 0 Å². The lowest BCUT2D eigenvalue weighted by molar-refractivity contribution is -0.127. The second kappa shape index (κ2) is 11.4. The quantitative estimate of drug-likeness (QED) is 0.647. The fourth-order valence-electron chi connectivity index (χ4n) is 3.12. The summed E-state index contributed by atoms with van der Waals surface area (Å²) in [7, 11) is 0. The van der Waals surface area contributed by atoms with Gasteiger partial charge in [0.15, 0.2) is 5.78 Å². The highest BCUT2D eigenvalue weighted by atomic mass is 32.2.